The van der Waals surface area contributed by atoms with Crippen LogP contribution in [0.15, 0.2) is 60.8 Å². The summed E-state index contributed by atoms with van der Waals surface area (Å²) in [5.41, 5.74) is 4.15. The third-order valence-corrected chi connectivity index (χ3v) is 5.43. The monoisotopic (exact) mass is 417 g/mol. The molecule has 0 aliphatic carbocycles. The van der Waals surface area contributed by atoms with Crippen LogP contribution >= 0.6 is 0 Å². The van der Waals surface area contributed by atoms with Gasteiger partial charge in [0, 0.05) is 36.1 Å². The van der Waals surface area contributed by atoms with Crippen LogP contribution in [0.4, 0.5) is 11.4 Å². The molecule has 2 aromatic carbocycles. The molecule has 0 atom stereocenters. The first-order valence-corrected chi connectivity index (χ1v) is 10.5. The van der Waals surface area contributed by atoms with Gasteiger partial charge in [0.15, 0.2) is 0 Å². The molecule has 0 fully saturated rings. The van der Waals surface area contributed by atoms with E-state index in [4.69, 9.17) is 4.74 Å². The molecule has 1 N–H and O–H groups in total. The van der Waals surface area contributed by atoms with E-state index in [1.54, 1.807) is 23.1 Å². The second-order valence-electron chi connectivity index (χ2n) is 8.21. The number of carbonyl (C=O) groups is 2. The van der Waals surface area contributed by atoms with Crippen LogP contribution in [0.5, 0.6) is 5.75 Å². The predicted octanol–water partition coefficient (Wildman–Crippen LogP) is 4.69. The number of nitrogens with zero attached hydrogens (tertiary/aromatic N) is 2. The molecule has 2 amide bonds. The molecule has 4 rings (SSSR count). The number of hydrogen-bond acceptors (Lipinski definition) is 3. The average Bonchev–Trinajstić information content (AvgIpc) is 3.12. The summed E-state index contributed by atoms with van der Waals surface area (Å²) >= 11 is 0. The fourth-order valence-electron chi connectivity index (χ4n) is 3.92. The first-order valence-electron chi connectivity index (χ1n) is 10.5. The van der Waals surface area contributed by atoms with E-state index >= 15 is 0 Å². The van der Waals surface area contributed by atoms with Crippen molar-refractivity contribution in [3.63, 3.8) is 0 Å². The molecular formula is C25H27N3O3. The highest BCUT2D eigenvalue weighted by molar-refractivity contribution is 6.07. The number of hydrogen-bond donors (Lipinski definition) is 1. The Kier molecular flexibility index (Phi) is 5.80. The van der Waals surface area contributed by atoms with Gasteiger partial charge in [-0.05, 0) is 47.9 Å². The molecule has 0 saturated heterocycles. The normalized spacial score (nSPS) is 12.7. The Hall–Kier alpha value is -3.54. The van der Waals surface area contributed by atoms with E-state index in [9.17, 15) is 9.59 Å². The van der Waals surface area contributed by atoms with Gasteiger partial charge in [-0.2, -0.15) is 0 Å². The van der Waals surface area contributed by atoms with Crippen molar-refractivity contribution in [3.8, 4) is 5.75 Å². The molecule has 3 aromatic rings. The predicted molar refractivity (Wildman–Crippen MR) is 122 cm³/mol. The summed E-state index contributed by atoms with van der Waals surface area (Å²) in [4.78, 5) is 27.6. The lowest BCUT2D eigenvalue weighted by Crippen LogP contribution is -2.30. The van der Waals surface area contributed by atoms with Crippen LogP contribution in [-0.4, -0.2) is 23.5 Å². The minimum absolute atomic E-state index is 0.0745. The van der Waals surface area contributed by atoms with Crippen LogP contribution in [0.3, 0.4) is 0 Å². The van der Waals surface area contributed by atoms with E-state index in [1.807, 2.05) is 50.4 Å². The largest absolute Gasteiger partial charge is 0.495 e. The number of aromatic nitrogens is 1. The zero-order valence-electron chi connectivity index (χ0n) is 18.1. The maximum Gasteiger partial charge on any atom is 0.258 e. The van der Waals surface area contributed by atoms with Crippen molar-refractivity contribution >= 4 is 23.2 Å². The van der Waals surface area contributed by atoms with Gasteiger partial charge < -0.3 is 19.5 Å². The van der Waals surface area contributed by atoms with Gasteiger partial charge in [0.2, 0.25) is 5.91 Å². The molecule has 0 unspecified atom stereocenters. The van der Waals surface area contributed by atoms with Gasteiger partial charge in [0.1, 0.15) is 5.75 Å². The topological polar surface area (TPSA) is 63.6 Å². The van der Waals surface area contributed by atoms with Crippen molar-refractivity contribution in [2.24, 2.45) is 5.92 Å². The molecule has 1 aromatic heterocycles. The SMILES string of the molecule is COc1cc(C(=O)N2Cc3cccn3Cc3ccccc32)ccc1NC(=O)CC(C)C. The fourth-order valence-corrected chi connectivity index (χ4v) is 3.92. The first-order chi connectivity index (χ1) is 15.0. The third kappa shape index (κ3) is 4.33. The van der Waals surface area contributed by atoms with Crippen molar-refractivity contribution in [2.75, 3.05) is 17.3 Å². The summed E-state index contributed by atoms with van der Waals surface area (Å²) < 4.78 is 7.64. The summed E-state index contributed by atoms with van der Waals surface area (Å²) in [6.07, 6.45) is 2.46. The zero-order chi connectivity index (χ0) is 22.0. The molecule has 2 heterocycles. The highest BCUT2D eigenvalue weighted by Gasteiger charge is 2.25. The maximum atomic E-state index is 13.6. The van der Waals surface area contributed by atoms with Crippen LogP contribution in [0, 0.1) is 5.92 Å². The second kappa shape index (κ2) is 8.68. The molecule has 1 aliphatic heterocycles. The van der Waals surface area contributed by atoms with E-state index in [1.165, 1.54) is 7.11 Å². The maximum absolute atomic E-state index is 13.6. The van der Waals surface area contributed by atoms with Crippen LogP contribution < -0.4 is 15.0 Å². The Morgan fingerprint density at radius 2 is 1.87 bits per heavy atom. The highest BCUT2D eigenvalue weighted by atomic mass is 16.5. The molecular weight excluding hydrogens is 390 g/mol. The number of nitrogens with one attached hydrogen (secondary N) is 1. The minimum atomic E-state index is -0.111. The van der Waals surface area contributed by atoms with Crippen molar-refractivity contribution in [1.82, 2.24) is 4.57 Å². The van der Waals surface area contributed by atoms with Crippen molar-refractivity contribution in [3.05, 3.63) is 77.6 Å². The Morgan fingerprint density at radius 3 is 2.65 bits per heavy atom. The number of rotatable bonds is 5. The van der Waals surface area contributed by atoms with Gasteiger partial charge in [-0.25, -0.2) is 0 Å². The van der Waals surface area contributed by atoms with E-state index < -0.39 is 0 Å². The average molecular weight is 418 g/mol. The van der Waals surface area contributed by atoms with Gasteiger partial charge in [-0.1, -0.05) is 32.0 Å². The molecule has 160 valence electrons. The van der Waals surface area contributed by atoms with Gasteiger partial charge in [-0.15, -0.1) is 0 Å². The molecule has 6 nitrogen and oxygen atoms in total. The Balaban J connectivity index is 1.65. The number of para-hydroxylation sites is 1. The summed E-state index contributed by atoms with van der Waals surface area (Å²) in [6.45, 7) is 5.20. The van der Waals surface area contributed by atoms with E-state index in [0.29, 0.717) is 30.0 Å². The highest BCUT2D eigenvalue weighted by Crippen LogP contribution is 2.31. The minimum Gasteiger partial charge on any atom is -0.495 e. The molecule has 31 heavy (non-hydrogen) atoms. The zero-order valence-corrected chi connectivity index (χ0v) is 18.1. The van der Waals surface area contributed by atoms with Crippen LogP contribution in [0.1, 0.15) is 41.9 Å². The lowest BCUT2D eigenvalue weighted by atomic mass is 10.1. The molecule has 0 spiro atoms. The summed E-state index contributed by atoms with van der Waals surface area (Å²) in [5, 5.41) is 2.88. The molecule has 0 radical (unpaired) electrons. The number of benzene rings is 2. The number of anilines is 2. The Labute approximate surface area is 182 Å². The van der Waals surface area contributed by atoms with Gasteiger partial charge in [0.25, 0.3) is 5.91 Å². The third-order valence-electron chi connectivity index (χ3n) is 5.43. The number of carbonyl (C=O) groups excluding carboxylic acids is 2. The summed E-state index contributed by atoms with van der Waals surface area (Å²) in [6, 6.07) is 17.2. The van der Waals surface area contributed by atoms with Gasteiger partial charge in [-0.3, -0.25) is 9.59 Å². The Bertz CT molecular complexity index is 1120. The summed E-state index contributed by atoms with van der Waals surface area (Å²) in [7, 11) is 1.54. The first kappa shape index (κ1) is 20.7. The lowest BCUT2D eigenvalue weighted by Gasteiger charge is -2.23. The Morgan fingerprint density at radius 1 is 1.06 bits per heavy atom. The van der Waals surface area contributed by atoms with Gasteiger partial charge >= 0.3 is 0 Å². The van der Waals surface area contributed by atoms with Gasteiger partial charge in [0.05, 0.1) is 19.3 Å². The van der Waals surface area contributed by atoms with Crippen LogP contribution in [0.25, 0.3) is 0 Å². The van der Waals surface area contributed by atoms with Crippen molar-refractivity contribution in [1.29, 1.82) is 0 Å². The lowest BCUT2D eigenvalue weighted by molar-refractivity contribution is -0.116. The van der Waals surface area contributed by atoms with Crippen LogP contribution in [0.2, 0.25) is 0 Å². The standard InChI is InChI=1S/C25H27N3O3/c1-17(2)13-24(29)26-21-11-10-18(14-23(21)31-3)25(30)28-16-20-8-6-12-27(20)15-19-7-4-5-9-22(19)28/h4-12,14,17H,13,15-16H2,1-3H3,(H,26,29). The number of amides is 2. The molecule has 0 saturated carbocycles. The molecule has 0 bridgehead atoms. The number of ether oxygens (including phenoxy) is 1. The second-order valence-corrected chi connectivity index (χ2v) is 8.21. The van der Waals surface area contributed by atoms with Crippen molar-refractivity contribution in [2.45, 2.75) is 33.4 Å². The quantitative estimate of drug-likeness (QED) is 0.655. The van der Waals surface area contributed by atoms with E-state index in [2.05, 4.69) is 16.0 Å². The van der Waals surface area contributed by atoms with E-state index in [0.717, 1.165) is 23.5 Å². The number of fused-ring (bicyclic) bond motifs is 2. The molecule has 6 heteroatoms. The van der Waals surface area contributed by atoms with Crippen molar-refractivity contribution < 1.29 is 14.3 Å². The fraction of sp³-hybridized carbons (Fsp3) is 0.280. The molecule has 1 aliphatic rings. The number of methoxy groups -OCH3 is 1. The van der Waals surface area contributed by atoms with Crippen LogP contribution in [-0.2, 0) is 17.9 Å². The smallest absolute Gasteiger partial charge is 0.258 e. The summed E-state index contributed by atoms with van der Waals surface area (Å²) in [5.74, 6) is 0.540. The van der Waals surface area contributed by atoms with E-state index in [-0.39, 0.29) is 17.7 Å².